The lowest BCUT2D eigenvalue weighted by Gasteiger charge is -2.02. The molecule has 2 nitrogen and oxygen atoms in total. The predicted octanol–water partition coefficient (Wildman–Crippen LogP) is 2.91. The van der Waals surface area contributed by atoms with Gasteiger partial charge in [-0.2, -0.15) is 0 Å². The van der Waals surface area contributed by atoms with Crippen LogP contribution >= 0.6 is 11.3 Å². The van der Waals surface area contributed by atoms with Gasteiger partial charge in [-0.05, 0) is 25.5 Å². The number of hydrogen-bond acceptors (Lipinski definition) is 3. The van der Waals surface area contributed by atoms with E-state index >= 15 is 0 Å². The number of hydrogen-bond donors (Lipinski definition) is 1. The van der Waals surface area contributed by atoms with E-state index < -0.39 is 0 Å². The van der Waals surface area contributed by atoms with Crippen LogP contribution in [0.15, 0.2) is 18.2 Å². The van der Waals surface area contributed by atoms with Gasteiger partial charge in [0.05, 0.1) is 10.7 Å². The third kappa shape index (κ3) is 1.90. The number of rotatable bonds is 2. The van der Waals surface area contributed by atoms with E-state index in [4.69, 9.17) is 10.7 Å². The first kappa shape index (κ1) is 10.9. The smallest absolute Gasteiger partial charge is 0.0950 e. The average molecular weight is 244 g/mol. The van der Waals surface area contributed by atoms with Gasteiger partial charge in [0.15, 0.2) is 0 Å². The Balaban J connectivity index is 2.02. The molecule has 0 spiro atoms. The van der Waals surface area contributed by atoms with E-state index in [-0.39, 0.29) is 6.04 Å². The molecule has 1 atom stereocenters. The fraction of sp³-hybridized carbons (Fsp3) is 0.357. The van der Waals surface area contributed by atoms with Crippen LogP contribution in [0.3, 0.4) is 0 Å². The highest BCUT2D eigenvalue weighted by Gasteiger charge is 2.23. The molecule has 0 amide bonds. The van der Waals surface area contributed by atoms with Gasteiger partial charge in [-0.25, -0.2) is 4.98 Å². The summed E-state index contributed by atoms with van der Waals surface area (Å²) in [6.07, 6.45) is 1.93. The minimum absolute atomic E-state index is 0.193. The van der Waals surface area contributed by atoms with Gasteiger partial charge in [0.1, 0.15) is 0 Å². The highest BCUT2D eigenvalue weighted by molar-refractivity contribution is 7.12. The molecular formula is C14H16N2S. The fourth-order valence-corrected chi connectivity index (χ4v) is 3.58. The van der Waals surface area contributed by atoms with Gasteiger partial charge >= 0.3 is 0 Å². The Kier molecular flexibility index (Phi) is 2.53. The summed E-state index contributed by atoms with van der Waals surface area (Å²) in [5, 5.41) is 1.18. The van der Waals surface area contributed by atoms with Crippen LogP contribution in [0.2, 0.25) is 0 Å². The van der Waals surface area contributed by atoms with Crippen LogP contribution in [0.25, 0.3) is 11.3 Å². The van der Waals surface area contributed by atoms with Gasteiger partial charge in [0.25, 0.3) is 0 Å². The Morgan fingerprint density at radius 3 is 3.06 bits per heavy atom. The third-order valence-corrected chi connectivity index (χ3v) is 4.19. The quantitative estimate of drug-likeness (QED) is 0.753. The van der Waals surface area contributed by atoms with Crippen molar-refractivity contribution in [3.8, 4) is 11.3 Å². The van der Waals surface area contributed by atoms with Crippen molar-refractivity contribution in [3.05, 3.63) is 39.2 Å². The Hall–Kier alpha value is -1.19. The third-order valence-electron chi connectivity index (χ3n) is 3.11. The summed E-state index contributed by atoms with van der Waals surface area (Å²) >= 11 is 1.82. The van der Waals surface area contributed by atoms with Gasteiger partial charge in [-0.3, -0.25) is 0 Å². The van der Waals surface area contributed by atoms with E-state index in [1.165, 1.54) is 32.3 Å². The summed E-state index contributed by atoms with van der Waals surface area (Å²) in [6, 6.07) is 6.84. The number of thiazole rings is 1. The molecule has 0 aliphatic heterocycles. The highest BCUT2D eigenvalue weighted by Crippen LogP contribution is 2.39. The summed E-state index contributed by atoms with van der Waals surface area (Å²) < 4.78 is 0. The van der Waals surface area contributed by atoms with Crippen molar-refractivity contribution < 1.29 is 0 Å². The minimum atomic E-state index is 0.193. The first-order chi connectivity index (χ1) is 8.13. The van der Waals surface area contributed by atoms with Crippen LogP contribution < -0.4 is 5.73 Å². The number of nitrogens with two attached hydrogens (primary N) is 1. The fourth-order valence-electron chi connectivity index (χ4n) is 2.33. The van der Waals surface area contributed by atoms with Crippen LogP contribution in [0.5, 0.6) is 0 Å². The summed E-state index contributed by atoms with van der Waals surface area (Å²) in [4.78, 5) is 6.16. The standard InChI is InChI=1S/C14H16N2S/c1-8-3-4-10-7-12-14(11(10)5-8)16-13(17-12)6-9(2)15/h3-5,9H,6-7,15H2,1-2H3. The summed E-state index contributed by atoms with van der Waals surface area (Å²) in [5.74, 6) is 0. The van der Waals surface area contributed by atoms with E-state index in [0.717, 1.165) is 12.8 Å². The number of benzene rings is 1. The van der Waals surface area contributed by atoms with Crippen LogP contribution in [-0.4, -0.2) is 11.0 Å². The molecule has 1 unspecified atom stereocenters. The molecule has 1 aromatic carbocycles. The van der Waals surface area contributed by atoms with Crippen molar-refractivity contribution in [3.63, 3.8) is 0 Å². The SMILES string of the molecule is Cc1ccc2c(c1)-c1nc(CC(C)N)sc1C2. The van der Waals surface area contributed by atoms with Crippen molar-refractivity contribution in [2.75, 3.05) is 0 Å². The maximum atomic E-state index is 5.83. The summed E-state index contributed by atoms with van der Waals surface area (Å²) in [6.45, 7) is 4.16. The lowest BCUT2D eigenvalue weighted by atomic mass is 10.1. The maximum absolute atomic E-state index is 5.83. The van der Waals surface area contributed by atoms with Gasteiger partial charge in [-0.1, -0.05) is 17.7 Å². The monoisotopic (exact) mass is 244 g/mol. The largest absolute Gasteiger partial charge is 0.328 e. The molecule has 2 N–H and O–H groups in total. The summed E-state index contributed by atoms with van der Waals surface area (Å²) in [5.41, 5.74) is 11.1. The first-order valence-electron chi connectivity index (χ1n) is 5.97. The molecular weight excluding hydrogens is 228 g/mol. The molecule has 3 rings (SSSR count). The summed E-state index contributed by atoms with van der Waals surface area (Å²) in [7, 11) is 0. The van der Waals surface area contributed by atoms with Crippen LogP contribution in [0.1, 0.15) is 27.9 Å². The van der Waals surface area contributed by atoms with Gasteiger partial charge in [0.2, 0.25) is 0 Å². The van der Waals surface area contributed by atoms with Crippen molar-refractivity contribution in [2.45, 2.75) is 32.7 Å². The zero-order chi connectivity index (χ0) is 12.0. The topological polar surface area (TPSA) is 38.9 Å². The molecule has 17 heavy (non-hydrogen) atoms. The molecule has 0 fully saturated rings. The number of nitrogens with zero attached hydrogens (tertiary/aromatic N) is 1. The van der Waals surface area contributed by atoms with Gasteiger partial charge in [0, 0.05) is 29.3 Å². The lowest BCUT2D eigenvalue weighted by molar-refractivity contribution is 0.734. The molecule has 3 heteroatoms. The Labute approximate surface area is 106 Å². The molecule has 0 saturated heterocycles. The van der Waals surface area contributed by atoms with Gasteiger partial charge in [-0.15, -0.1) is 11.3 Å². The predicted molar refractivity (Wildman–Crippen MR) is 72.4 cm³/mol. The number of aromatic nitrogens is 1. The Morgan fingerprint density at radius 1 is 1.47 bits per heavy atom. The molecule has 0 bridgehead atoms. The van der Waals surface area contributed by atoms with Gasteiger partial charge < -0.3 is 5.73 Å². The second-order valence-electron chi connectivity index (χ2n) is 4.90. The zero-order valence-corrected chi connectivity index (χ0v) is 11.0. The number of fused-ring (bicyclic) bond motifs is 3. The van der Waals surface area contributed by atoms with Crippen LogP contribution in [0, 0.1) is 6.92 Å². The molecule has 1 heterocycles. The van der Waals surface area contributed by atoms with Crippen LogP contribution in [0.4, 0.5) is 0 Å². The lowest BCUT2D eigenvalue weighted by Crippen LogP contribution is -2.17. The Morgan fingerprint density at radius 2 is 2.29 bits per heavy atom. The van der Waals surface area contributed by atoms with E-state index in [0.29, 0.717) is 0 Å². The molecule has 0 saturated carbocycles. The van der Waals surface area contributed by atoms with Crippen molar-refractivity contribution in [1.29, 1.82) is 0 Å². The maximum Gasteiger partial charge on any atom is 0.0950 e. The molecule has 0 radical (unpaired) electrons. The second-order valence-corrected chi connectivity index (χ2v) is 6.07. The second kappa shape index (κ2) is 3.93. The molecule has 2 aromatic rings. The van der Waals surface area contributed by atoms with E-state index in [1.807, 2.05) is 18.3 Å². The minimum Gasteiger partial charge on any atom is -0.328 e. The zero-order valence-electron chi connectivity index (χ0n) is 10.2. The van der Waals surface area contributed by atoms with Crippen LogP contribution in [-0.2, 0) is 12.8 Å². The molecule has 1 aliphatic carbocycles. The first-order valence-corrected chi connectivity index (χ1v) is 6.79. The number of aryl methyl sites for hydroxylation is 1. The molecule has 1 aromatic heterocycles. The average Bonchev–Trinajstić information content (AvgIpc) is 2.74. The van der Waals surface area contributed by atoms with Crippen molar-refractivity contribution >= 4 is 11.3 Å². The van der Waals surface area contributed by atoms with E-state index in [2.05, 4.69) is 25.1 Å². The normalized spacial score (nSPS) is 14.5. The van der Waals surface area contributed by atoms with Crippen molar-refractivity contribution in [1.82, 2.24) is 4.98 Å². The highest BCUT2D eigenvalue weighted by atomic mass is 32.1. The Bertz CT molecular complexity index is 570. The van der Waals surface area contributed by atoms with E-state index in [1.54, 1.807) is 0 Å². The molecule has 88 valence electrons. The molecule has 1 aliphatic rings. The van der Waals surface area contributed by atoms with Crippen molar-refractivity contribution in [2.24, 2.45) is 5.73 Å². The van der Waals surface area contributed by atoms with E-state index in [9.17, 15) is 0 Å².